The Labute approximate surface area is 144 Å². The Kier molecular flexibility index (Phi) is 3.96. The average Bonchev–Trinajstić information content (AvgIpc) is 2.85. The van der Waals surface area contributed by atoms with Gasteiger partial charge in [-0.15, -0.1) is 0 Å². The van der Waals surface area contributed by atoms with E-state index in [2.05, 4.69) is 31.6 Å². The van der Waals surface area contributed by atoms with Crippen LogP contribution in [0.1, 0.15) is 5.69 Å². The summed E-state index contributed by atoms with van der Waals surface area (Å²) >= 11 is 5.94. The van der Waals surface area contributed by atoms with E-state index in [0.29, 0.717) is 16.5 Å². The number of fused-ring (bicyclic) bond motifs is 1. The van der Waals surface area contributed by atoms with Gasteiger partial charge in [-0.2, -0.15) is 10.2 Å². The van der Waals surface area contributed by atoms with E-state index in [1.807, 2.05) is 6.92 Å². The molecule has 8 heteroatoms. The van der Waals surface area contributed by atoms with Crippen LogP contribution in [0.25, 0.3) is 16.9 Å². The summed E-state index contributed by atoms with van der Waals surface area (Å²) in [5, 5.41) is 12.3. The van der Waals surface area contributed by atoms with Crippen LogP contribution >= 0.6 is 11.6 Å². The number of hydrogen-bond acceptors (Lipinski definition) is 4. The van der Waals surface area contributed by atoms with Crippen molar-refractivity contribution in [2.24, 2.45) is 0 Å². The summed E-state index contributed by atoms with van der Waals surface area (Å²) in [6.45, 7) is 1.83. The van der Waals surface area contributed by atoms with Crippen LogP contribution in [0.4, 0.5) is 0 Å². The molecule has 0 saturated carbocycles. The predicted molar refractivity (Wildman–Crippen MR) is 57.4 cm³/mol. The predicted octanol–water partition coefficient (Wildman–Crippen LogP) is -1.70. The van der Waals surface area contributed by atoms with Gasteiger partial charge in [0.15, 0.2) is 0 Å². The van der Waals surface area contributed by atoms with Crippen molar-refractivity contribution in [2.75, 3.05) is 0 Å². The number of aryl methyl sites for hydroxylation is 1. The van der Waals surface area contributed by atoms with Crippen molar-refractivity contribution < 1.29 is 51.4 Å². The summed E-state index contributed by atoms with van der Waals surface area (Å²) in [7, 11) is 0. The first-order valence-corrected chi connectivity index (χ1v) is 4.93. The van der Waals surface area contributed by atoms with Gasteiger partial charge in [0.05, 0.1) is 16.5 Å². The van der Waals surface area contributed by atoms with Crippen molar-refractivity contribution in [2.45, 2.75) is 6.92 Å². The number of nitrogens with one attached hydrogen (secondary N) is 1. The van der Waals surface area contributed by atoms with Gasteiger partial charge in [-0.25, -0.2) is 0 Å². The standard InChI is InChI=1S/C9H6ClN6.K/c1-5-7(10)3-16(15-5)9-6-2-13-14-8(6)11-4-12-9;/h2-3H,1H3,(H,11,12,13,14);/q-1;+1. The van der Waals surface area contributed by atoms with Gasteiger partial charge in [0.2, 0.25) is 0 Å². The van der Waals surface area contributed by atoms with Crippen molar-refractivity contribution in [3.63, 3.8) is 0 Å². The Bertz CT molecular complexity index is 641. The van der Waals surface area contributed by atoms with Gasteiger partial charge in [-0.05, 0) is 12.3 Å². The van der Waals surface area contributed by atoms with Crippen molar-refractivity contribution >= 4 is 22.6 Å². The van der Waals surface area contributed by atoms with Crippen LogP contribution in [0, 0.1) is 13.3 Å². The van der Waals surface area contributed by atoms with Crippen molar-refractivity contribution in [1.82, 2.24) is 29.9 Å². The van der Waals surface area contributed by atoms with Gasteiger partial charge in [0, 0.05) is 24.4 Å². The molecule has 3 aromatic heterocycles. The fourth-order valence-corrected chi connectivity index (χ4v) is 1.56. The van der Waals surface area contributed by atoms with Crippen LogP contribution < -0.4 is 51.4 Å². The molecule has 0 aliphatic heterocycles. The molecule has 0 spiro atoms. The van der Waals surface area contributed by atoms with Crippen LogP contribution in [0.5, 0.6) is 0 Å². The molecule has 0 fully saturated rings. The summed E-state index contributed by atoms with van der Waals surface area (Å²) in [4.78, 5) is 7.98. The molecule has 0 saturated heterocycles. The molecule has 3 aromatic rings. The van der Waals surface area contributed by atoms with Crippen molar-refractivity contribution in [3.05, 3.63) is 29.4 Å². The molecule has 0 unspecified atom stereocenters. The molecule has 6 nitrogen and oxygen atoms in total. The van der Waals surface area contributed by atoms with E-state index >= 15 is 0 Å². The quantitative estimate of drug-likeness (QED) is 0.424. The normalized spacial score (nSPS) is 10.5. The van der Waals surface area contributed by atoms with Crippen LogP contribution in [-0.2, 0) is 0 Å². The van der Waals surface area contributed by atoms with Gasteiger partial charge >= 0.3 is 51.4 Å². The molecular weight excluding hydrogens is 267 g/mol. The molecule has 3 heterocycles. The Morgan fingerprint density at radius 2 is 2.24 bits per heavy atom. The maximum atomic E-state index is 5.94. The number of nitrogens with zero attached hydrogens (tertiary/aromatic N) is 5. The smallest absolute Gasteiger partial charge is 0.349 e. The molecule has 0 bridgehead atoms. The van der Waals surface area contributed by atoms with Crippen LogP contribution in [0.2, 0.25) is 5.02 Å². The number of halogens is 1. The van der Waals surface area contributed by atoms with Crippen LogP contribution in [-0.4, -0.2) is 29.9 Å². The monoisotopic (exact) mass is 272 g/mol. The summed E-state index contributed by atoms with van der Waals surface area (Å²) in [6, 6.07) is 0. The molecule has 0 aliphatic carbocycles. The first-order valence-electron chi connectivity index (χ1n) is 4.55. The Hall–Kier alpha value is -0.314. The second-order valence-electron chi connectivity index (χ2n) is 3.29. The van der Waals surface area contributed by atoms with Gasteiger partial charge in [0.1, 0.15) is 0 Å². The van der Waals surface area contributed by atoms with Crippen molar-refractivity contribution in [3.8, 4) is 5.82 Å². The Morgan fingerprint density at radius 3 is 2.94 bits per heavy atom. The zero-order valence-electron chi connectivity index (χ0n) is 9.27. The molecular formula is C9H6ClKN6. The van der Waals surface area contributed by atoms with Gasteiger partial charge in [-0.1, -0.05) is 11.6 Å². The summed E-state index contributed by atoms with van der Waals surface area (Å²) in [5.74, 6) is 0.605. The summed E-state index contributed by atoms with van der Waals surface area (Å²) in [5.41, 5.74) is 1.37. The maximum Gasteiger partial charge on any atom is 1.00 e. The molecule has 0 aliphatic rings. The maximum absolute atomic E-state index is 5.94. The Morgan fingerprint density at radius 1 is 1.41 bits per heavy atom. The van der Waals surface area contributed by atoms with E-state index in [0.717, 1.165) is 11.1 Å². The van der Waals surface area contributed by atoms with E-state index in [1.165, 1.54) is 0 Å². The topological polar surface area (TPSA) is 72.3 Å². The molecule has 80 valence electrons. The minimum absolute atomic E-state index is 0. The van der Waals surface area contributed by atoms with E-state index < -0.39 is 0 Å². The third kappa shape index (κ3) is 2.31. The van der Waals surface area contributed by atoms with Gasteiger partial charge in [-0.3, -0.25) is 4.68 Å². The fourth-order valence-electron chi connectivity index (χ4n) is 1.43. The van der Waals surface area contributed by atoms with E-state index in [-0.39, 0.29) is 51.4 Å². The van der Waals surface area contributed by atoms with Crippen LogP contribution in [0.3, 0.4) is 0 Å². The zero-order chi connectivity index (χ0) is 11.1. The summed E-state index contributed by atoms with van der Waals surface area (Å²) < 4.78 is 1.59. The third-order valence-electron chi connectivity index (χ3n) is 2.23. The number of aromatic amines is 1. The number of H-pyrrole nitrogens is 1. The first kappa shape index (κ1) is 13.1. The molecule has 1 N–H and O–H groups in total. The van der Waals surface area contributed by atoms with E-state index in [1.54, 1.807) is 17.1 Å². The summed E-state index contributed by atoms with van der Waals surface area (Å²) in [6.07, 6.45) is 5.88. The number of aromatic nitrogens is 6. The minimum atomic E-state index is 0. The molecule has 0 atom stereocenters. The zero-order valence-corrected chi connectivity index (χ0v) is 13.1. The first-order chi connectivity index (χ1) is 7.75. The number of hydrogen-bond donors (Lipinski definition) is 1. The van der Waals surface area contributed by atoms with E-state index in [4.69, 9.17) is 11.6 Å². The van der Waals surface area contributed by atoms with Gasteiger partial charge < -0.3 is 15.1 Å². The van der Waals surface area contributed by atoms with Gasteiger partial charge in [0.25, 0.3) is 0 Å². The molecule has 17 heavy (non-hydrogen) atoms. The van der Waals surface area contributed by atoms with E-state index in [9.17, 15) is 0 Å². The molecule has 0 aromatic carbocycles. The third-order valence-corrected chi connectivity index (χ3v) is 2.60. The number of rotatable bonds is 1. The molecule has 0 amide bonds. The van der Waals surface area contributed by atoms with Crippen LogP contribution in [0.15, 0.2) is 12.4 Å². The molecule has 3 rings (SSSR count). The average molecular weight is 273 g/mol. The Balaban J connectivity index is 0.00000108. The molecule has 0 radical (unpaired) electrons. The second kappa shape index (κ2) is 5.13. The second-order valence-corrected chi connectivity index (χ2v) is 3.69. The largest absolute Gasteiger partial charge is 1.00 e. The fraction of sp³-hybridized carbons (Fsp3) is 0.111. The van der Waals surface area contributed by atoms with Crippen molar-refractivity contribution in [1.29, 1.82) is 0 Å². The minimum Gasteiger partial charge on any atom is -0.349 e. The SMILES string of the molecule is Cc1nn(-c2n[c-]nc3[nH]ncc23)cc1Cl.[K+].